The quantitative estimate of drug-likeness (QED) is 0.238. The molecule has 0 aromatic heterocycles. The normalized spacial score (nSPS) is 37.4. The highest BCUT2D eigenvalue weighted by Crippen LogP contribution is 2.65. The van der Waals surface area contributed by atoms with Crippen LogP contribution in [-0.4, -0.2) is 35.9 Å². The van der Waals surface area contributed by atoms with Crippen LogP contribution < -0.4 is 0 Å². The van der Waals surface area contributed by atoms with Gasteiger partial charge in [-0.1, -0.05) is 32.8 Å². The fourth-order valence-electron chi connectivity index (χ4n) is 8.60. The lowest BCUT2D eigenvalue weighted by Gasteiger charge is -2.56. The summed E-state index contributed by atoms with van der Waals surface area (Å²) in [5.41, 5.74) is -4.17. The average molecular weight is 570 g/mol. The van der Waals surface area contributed by atoms with Gasteiger partial charge in [-0.2, -0.15) is 26.3 Å². The first kappa shape index (κ1) is 28.9. The molecule has 3 nitrogen and oxygen atoms in total. The molecule has 8 atom stereocenters. The zero-order valence-corrected chi connectivity index (χ0v) is 22.9. The molecule has 222 valence electrons. The van der Waals surface area contributed by atoms with Gasteiger partial charge in [0.25, 0.3) is 5.67 Å². The smallest absolute Gasteiger partial charge is 0.431 e. The molecule has 0 saturated heterocycles. The topological polar surface area (TPSA) is 43.4 Å². The van der Waals surface area contributed by atoms with E-state index in [-0.39, 0.29) is 47.9 Å². The summed E-state index contributed by atoms with van der Waals surface area (Å²) in [4.78, 5) is 25.0. The second kappa shape index (κ2) is 10.0. The number of allylic oxidation sites excluding steroid dienone is 2. The first-order valence-corrected chi connectivity index (χ1v) is 13.9. The van der Waals surface area contributed by atoms with E-state index < -0.39 is 42.2 Å². The molecule has 0 spiro atoms. The Balaban J connectivity index is 1.53. The maximum Gasteiger partial charge on any atom is 0.431 e. The largest absolute Gasteiger partial charge is 0.463 e. The fraction of sp³-hybridized carbons (Fsp3) is 0.862. The molecule has 0 unspecified atom stereocenters. The van der Waals surface area contributed by atoms with Crippen LogP contribution >= 0.6 is 0 Å². The summed E-state index contributed by atoms with van der Waals surface area (Å²) >= 11 is 0. The van der Waals surface area contributed by atoms with Crippen LogP contribution in [0.5, 0.6) is 0 Å². The Bertz CT molecular complexity index is 1040. The summed E-state index contributed by atoms with van der Waals surface area (Å²) in [6.07, 6.45) is -11.2. The Hall–Kier alpha value is -1.61. The minimum absolute atomic E-state index is 0.0262. The summed E-state index contributed by atoms with van der Waals surface area (Å²) in [6.45, 7) is 7.28. The van der Waals surface area contributed by atoms with E-state index in [1.807, 2.05) is 6.92 Å². The molecule has 4 rings (SSSR count). The van der Waals surface area contributed by atoms with E-state index in [0.29, 0.717) is 12.3 Å². The van der Waals surface area contributed by atoms with E-state index in [1.165, 1.54) is 6.92 Å². The monoisotopic (exact) mass is 569 g/mol. The fourth-order valence-corrected chi connectivity index (χ4v) is 8.60. The van der Waals surface area contributed by atoms with Crippen LogP contribution in [0.3, 0.4) is 0 Å². The molecule has 0 radical (unpaired) electrons. The third-order valence-corrected chi connectivity index (χ3v) is 10.7. The molecule has 39 heavy (non-hydrogen) atoms. The third kappa shape index (κ3) is 5.04. The number of Topliss-reactive ketones (excluding diaryl/α,β-unsaturated/α-hetero) is 1. The highest BCUT2D eigenvalue weighted by molar-refractivity contribution is 6.00. The van der Waals surface area contributed by atoms with Crippen LogP contribution in [0.4, 0.5) is 30.7 Å². The molecule has 10 heteroatoms. The molecule has 0 aromatic carbocycles. The van der Waals surface area contributed by atoms with Crippen molar-refractivity contribution in [2.45, 2.75) is 122 Å². The Morgan fingerprint density at radius 3 is 2.31 bits per heavy atom. The van der Waals surface area contributed by atoms with Gasteiger partial charge < -0.3 is 4.74 Å². The predicted molar refractivity (Wildman–Crippen MR) is 130 cm³/mol. The number of carbonyl (C=O) groups is 2. The average Bonchev–Trinajstić information content (AvgIpc) is 3.08. The number of hydrogen-bond donors (Lipinski definition) is 0. The summed E-state index contributed by atoms with van der Waals surface area (Å²) in [5, 5.41) is 0. The number of fused-ring (bicyclic) bond motifs is 4. The van der Waals surface area contributed by atoms with E-state index in [2.05, 4.69) is 6.92 Å². The van der Waals surface area contributed by atoms with E-state index in [1.54, 1.807) is 6.92 Å². The molecular formula is C29H39F7O3. The van der Waals surface area contributed by atoms with Crippen LogP contribution in [-0.2, 0) is 14.3 Å². The molecule has 0 amide bonds. The Morgan fingerprint density at radius 2 is 1.72 bits per heavy atom. The molecule has 0 bridgehead atoms. The lowest BCUT2D eigenvalue weighted by Crippen LogP contribution is -2.53. The Morgan fingerprint density at radius 1 is 1.08 bits per heavy atom. The van der Waals surface area contributed by atoms with Crippen molar-refractivity contribution in [3.05, 3.63) is 11.1 Å². The van der Waals surface area contributed by atoms with Crippen LogP contribution in [0.15, 0.2) is 11.1 Å². The maximum atomic E-state index is 14.3. The second-order valence-corrected chi connectivity index (χ2v) is 12.9. The molecular weight excluding hydrogens is 529 g/mol. The molecule has 4 aliphatic carbocycles. The van der Waals surface area contributed by atoms with Gasteiger partial charge >= 0.3 is 18.3 Å². The van der Waals surface area contributed by atoms with Crippen molar-refractivity contribution < 1.29 is 46.4 Å². The van der Waals surface area contributed by atoms with Crippen LogP contribution in [0.25, 0.3) is 0 Å². The lowest BCUT2D eigenvalue weighted by atomic mass is 9.48. The highest BCUT2D eigenvalue weighted by Gasteiger charge is 2.71. The van der Waals surface area contributed by atoms with Gasteiger partial charge in [-0.3, -0.25) is 9.59 Å². The standard InChI is InChI=1S/C29H39F7O3/c1-16(6-5-11-27(30,28(31,32)33)29(34,35)36)22-15-23(38)24-20-8-7-18-14-19(39-17(2)37)9-12-25(18,3)21(20)10-13-26(22,24)4/h16,18-19,21-22H,5-15H2,1-4H3/t16-,18+,19+,21+,22-,25+,26-/m1/s1/i5D/t5-,16-,18+,19+,21+,22-,25+,26-. The zero-order chi connectivity index (χ0) is 30.1. The SMILES string of the molecule is [2H][C@H](C[C@@H](C)[C@H]1CC(=O)C2=C3CC[C@H]4C[C@@H](OC(C)=O)CC[C@]4(C)[C@H]3CC[C@@]21C)CC(F)(C(F)(F)F)C(F)(F)F. The first-order valence-electron chi connectivity index (χ1n) is 14.5. The van der Waals surface area contributed by atoms with Gasteiger partial charge in [0.15, 0.2) is 5.78 Å². The first-order chi connectivity index (χ1) is 18.2. The number of ketones is 1. The minimum Gasteiger partial charge on any atom is -0.463 e. The van der Waals surface area contributed by atoms with E-state index in [4.69, 9.17) is 6.11 Å². The van der Waals surface area contributed by atoms with E-state index in [9.17, 15) is 40.3 Å². The van der Waals surface area contributed by atoms with Gasteiger partial charge in [-0.15, -0.1) is 0 Å². The van der Waals surface area contributed by atoms with Crippen molar-refractivity contribution in [1.82, 2.24) is 0 Å². The Kier molecular flexibility index (Phi) is 7.44. The molecule has 0 aliphatic heterocycles. The van der Waals surface area contributed by atoms with Gasteiger partial charge in [0.2, 0.25) is 0 Å². The molecule has 3 fully saturated rings. The number of esters is 1. The second-order valence-electron chi connectivity index (χ2n) is 12.9. The summed E-state index contributed by atoms with van der Waals surface area (Å²) in [5.74, 6) is -0.652. The van der Waals surface area contributed by atoms with Gasteiger partial charge in [0, 0.05) is 20.3 Å². The number of ether oxygens (including phenoxy) is 1. The van der Waals surface area contributed by atoms with Gasteiger partial charge in [-0.05, 0) is 92.3 Å². The van der Waals surface area contributed by atoms with Gasteiger partial charge in [0.1, 0.15) is 6.10 Å². The number of carbonyl (C=O) groups excluding carboxylic acids is 2. The molecule has 0 aromatic rings. The lowest BCUT2D eigenvalue weighted by molar-refractivity contribution is -0.343. The van der Waals surface area contributed by atoms with Crippen molar-refractivity contribution in [2.75, 3.05) is 0 Å². The molecule has 4 aliphatic rings. The minimum atomic E-state index is -6.18. The third-order valence-electron chi connectivity index (χ3n) is 10.7. The van der Waals surface area contributed by atoms with Gasteiger partial charge in [-0.25, -0.2) is 4.39 Å². The molecule has 3 saturated carbocycles. The number of alkyl halides is 7. The molecule has 0 heterocycles. The highest BCUT2D eigenvalue weighted by atomic mass is 19.4. The summed E-state index contributed by atoms with van der Waals surface area (Å²) < 4.78 is 106. The Labute approximate surface area is 226 Å². The summed E-state index contributed by atoms with van der Waals surface area (Å²) in [6, 6.07) is 0. The van der Waals surface area contributed by atoms with Crippen LogP contribution in [0, 0.1) is 34.5 Å². The van der Waals surface area contributed by atoms with Gasteiger partial charge in [0.05, 0.1) is 0 Å². The van der Waals surface area contributed by atoms with Crippen molar-refractivity contribution >= 4 is 11.8 Å². The van der Waals surface area contributed by atoms with E-state index >= 15 is 0 Å². The summed E-state index contributed by atoms with van der Waals surface area (Å²) in [7, 11) is 0. The van der Waals surface area contributed by atoms with Crippen LogP contribution in [0.1, 0.15) is 99.7 Å². The number of hydrogen-bond acceptors (Lipinski definition) is 3. The maximum absolute atomic E-state index is 14.3. The van der Waals surface area contributed by atoms with Crippen molar-refractivity contribution in [3.8, 4) is 0 Å². The van der Waals surface area contributed by atoms with Crippen molar-refractivity contribution in [3.63, 3.8) is 0 Å². The van der Waals surface area contributed by atoms with Crippen molar-refractivity contribution in [2.24, 2.45) is 34.5 Å². The number of rotatable bonds is 6. The van der Waals surface area contributed by atoms with Crippen molar-refractivity contribution in [1.29, 1.82) is 0 Å². The molecule has 0 N–H and O–H groups in total. The number of halogens is 7. The van der Waals surface area contributed by atoms with E-state index in [0.717, 1.165) is 49.7 Å². The predicted octanol–water partition coefficient (Wildman–Crippen LogP) is 8.46. The van der Waals surface area contributed by atoms with Crippen LogP contribution in [0.2, 0.25) is 0 Å². The zero-order valence-electron chi connectivity index (χ0n) is 23.9.